The Bertz CT molecular complexity index is 732. The van der Waals surface area contributed by atoms with Gasteiger partial charge in [-0.3, -0.25) is 34.2 Å². The molecule has 0 bridgehead atoms. The third kappa shape index (κ3) is 10.8. The molecule has 0 aromatic heterocycles. The number of nitrogens with two attached hydrogens (primary N) is 2. The Morgan fingerprint density at radius 1 is 0.848 bits per heavy atom. The molecule has 0 aliphatic carbocycles. The Balaban J connectivity index is 0. The SMILES string of the molecule is CN.O=C(CC(=O)ON1C(=O)CCC1=O)ON1C(=O)CCC1=O.[3H]N.[3H]NNC(=O)CC(=O)NC. The molecule has 0 aromatic rings. The summed E-state index contributed by atoms with van der Waals surface area (Å²) in [5.41, 5.74) is 6.43. The molecule has 0 spiro atoms. The van der Waals surface area contributed by atoms with Crippen molar-refractivity contribution in [1.29, 1.82) is 0 Å². The van der Waals surface area contributed by atoms with Crippen LogP contribution in [0.2, 0.25) is 2.82 Å². The van der Waals surface area contributed by atoms with Gasteiger partial charge in [-0.1, -0.05) is 0 Å². The zero-order valence-corrected chi connectivity index (χ0v) is 17.9. The van der Waals surface area contributed by atoms with E-state index in [-0.39, 0.29) is 48.1 Å². The molecule has 0 unspecified atom stereocenters. The quantitative estimate of drug-likeness (QED) is 0.0774. The number of nitrogens with zero attached hydrogens (tertiary/aromatic N) is 2. The monoisotopic (exact) mass is 481 g/mol. The van der Waals surface area contributed by atoms with E-state index in [9.17, 15) is 38.4 Å². The molecule has 0 radical (unpaired) electrons. The molecule has 17 heteroatoms. The second-order valence-electron chi connectivity index (χ2n) is 5.67. The van der Waals surface area contributed by atoms with Gasteiger partial charge in [-0.25, -0.2) is 15.4 Å². The molecule has 17 nitrogen and oxygen atoms in total. The van der Waals surface area contributed by atoms with Gasteiger partial charge in [0.15, 0.2) is 0 Å². The number of imide groups is 2. The van der Waals surface area contributed by atoms with Gasteiger partial charge in [0.25, 0.3) is 23.6 Å². The molecular formula is C16H27N7O10. The summed E-state index contributed by atoms with van der Waals surface area (Å²) < 4.78 is 11.6. The van der Waals surface area contributed by atoms with Crippen molar-refractivity contribution in [2.45, 2.75) is 38.5 Å². The number of amides is 6. The van der Waals surface area contributed by atoms with Gasteiger partial charge >= 0.3 is 11.9 Å². The molecule has 186 valence electrons. The number of carbonyl (C=O) groups is 8. The summed E-state index contributed by atoms with van der Waals surface area (Å²) in [6, 6.07) is 0. The summed E-state index contributed by atoms with van der Waals surface area (Å²) >= 11 is 0. The van der Waals surface area contributed by atoms with Gasteiger partial charge in [0.1, 0.15) is 15.7 Å². The highest BCUT2D eigenvalue weighted by Crippen LogP contribution is 2.14. The number of hydrogen-bond donors (Lipinski definition) is 5. The number of carbonyl (C=O) groups excluding carboxylic acids is 8. The van der Waals surface area contributed by atoms with Crippen molar-refractivity contribution >= 4 is 47.4 Å². The second-order valence-corrected chi connectivity index (χ2v) is 5.67. The van der Waals surface area contributed by atoms with Crippen molar-refractivity contribution in [2.75, 3.05) is 14.1 Å². The fourth-order valence-electron chi connectivity index (χ4n) is 1.98. The first-order valence-corrected chi connectivity index (χ1v) is 8.96. The fourth-order valence-corrected chi connectivity index (χ4v) is 1.98. The van der Waals surface area contributed by atoms with Gasteiger partial charge in [-0.05, 0) is 7.05 Å². The minimum absolute atomic E-state index is 0.0761. The lowest BCUT2D eigenvalue weighted by Crippen LogP contribution is -2.35. The third-order valence-electron chi connectivity index (χ3n) is 3.43. The first kappa shape index (κ1) is 27.1. The first-order valence-electron chi connectivity index (χ1n) is 10.0. The van der Waals surface area contributed by atoms with Crippen LogP contribution in [0, 0.1) is 0 Å². The van der Waals surface area contributed by atoms with Crippen molar-refractivity contribution in [3.05, 3.63) is 0 Å². The summed E-state index contributed by atoms with van der Waals surface area (Å²) in [5.74, 6) is -4.41. The Kier molecular flexibility index (Phi) is 12.9. The minimum Gasteiger partial charge on any atom is -0.359 e. The summed E-state index contributed by atoms with van der Waals surface area (Å²) in [6.45, 7) is 0. The van der Waals surface area contributed by atoms with Crippen molar-refractivity contribution in [2.24, 2.45) is 11.6 Å². The van der Waals surface area contributed by atoms with Gasteiger partial charge in [-0.2, -0.15) is 0 Å². The molecule has 0 atom stereocenters. The van der Waals surface area contributed by atoms with Crippen molar-refractivity contribution < 1.29 is 50.9 Å². The highest BCUT2D eigenvalue weighted by molar-refractivity contribution is 6.04. The largest absolute Gasteiger partial charge is 0.359 e. The molecule has 0 saturated carbocycles. The van der Waals surface area contributed by atoms with E-state index >= 15 is 0 Å². The van der Waals surface area contributed by atoms with E-state index in [0.29, 0.717) is 0 Å². The van der Waals surface area contributed by atoms with E-state index in [1.807, 2.05) is 5.43 Å². The lowest BCUT2D eigenvalue weighted by molar-refractivity contribution is -0.206. The van der Waals surface area contributed by atoms with Crippen LogP contribution >= 0.6 is 0 Å². The van der Waals surface area contributed by atoms with E-state index in [2.05, 4.69) is 26.9 Å². The molecule has 2 aliphatic heterocycles. The lowest BCUT2D eigenvalue weighted by Gasteiger charge is -2.14. The topological polar surface area (TPSA) is 273 Å². The minimum atomic E-state index is -1.21. The Hall–Kier alpha value is -3.96. The predicted octanol–water partition coefficient (Wildman–Crippen LogP) is -3.56. The summed E-state index contributed by atoms with van der Waals surface area (Å²) in [6.07, 6.45) is 2.23. The molecule has 6 amide bonds. The Morgan fingerprint density at radius 3 is 1.52 bits per heavy atom. The smallest absolute Gasteiger partial charge is 0.344 e. The van der Waals surface area contributed by atoms with Crippen LogP contribution in [0.1, 0.15) is 38.5 Å². The zero-order chi connectivity index (χ0) is 27.6. The Morgan fingerprint density at radius 2 is 1.21 bits per heavy atom. The van der Waals surface area contributed by atoms with E-state index in [0.717, 1.165) is 0 Å². The molecule has 2 fully saturated rings. The summed E-state index contributed by atoms with van der Waals surface area (Å²) in [4.78, 5) is 97.3. The highest BCUT2D eigenvalue weighted by atomic mass is 16.7. The predicted molar refractivity (Wildman–Crippen MR) is 105 cm³/mol. The fraction of sp³-hybridized carbons (Fsp3) is 0.500. The van der Waals surface area contributed by atoms with Gasteiger partial charge in [-0.15, -0.1) is 10.1 Å². The molecule has 33 heavy (non-hydrogen) atoms. The third-order valence-corrected chi connectivity index (χ3v) is 3.43. The van der Waals surface area contributed by atoms with Crippen LogP contribution < -0.4 is 28.5 Å². The number of hydroxylamine groups is 4. The van der Waals surface area contributed by atoms with Crippen LogP contribution in [0.15, 0.2) is 0 Å². The maximum atomic E-state index is 11.4. The van der Waals surface area contributed by atoms with Crippen LogP contribution in [-0.2, 0) is 48.0 Å². The van der Waals surface area contributed by atoms with Gasteiger partial charge in [0.05, 0.1) is 0 Å². The van der Waals surface area contributed by atoms with Crippen LogP contribution in [-0.4, -0.2) is 71.6 Å². The zero-order valence-electron chi connectivity index (χ0n) is 19.9. The molecule has 9 N–H and O–H groups in total. The van der Waals surface area contributed by atoms with Crippen LogP contribution in [0.3, 0.4) is 0 Å². The van der Waals surface area contributed by atoms with Crippen LogP contribution in [0.4, 0.5) is 0 Å². The molecular weight excluding hydrogens is 450 g/mol. The van der Waals surface area contributed by atoms with Crippen molar-refractivity contribution in [3.63, 3.8) is 0 Å². The van der Waals surface area contributed by atoms with Crippen molar-refractivity contribution in [3.8, 4) is 0 Å². The average molecular weight is 481 g/mol. The van der Waals surface area contributed by atoms with E-state index in [1.54, 1.807) is 5.84 Å². The van der Waals surface area contributed by atoms with Gasteiger partial charge < -0.3 is 26.9 Å². The molecule has 2 rings (SSSR count). The number of rotatable bonds is 7. The molecule has 0 aromatic carbocycles. The Labute approximate surface area is 190 Å². The maximum absolute atomic E-state index is 11.4. The maximum Gasteiger partial charge on any atom is 0.344 e. The van der Waals surface area contributed by atoms with Gasteiger partial charge in [0, 0.05) is 32.7 Å². The summed E-state index contributed by atoms with van der Waals surface area (Å²) in [7, 11) is 2.93. The van der Waals surface area contributed by atoms with E-state index < -0.39 is 47.9 Å². The number of hydrogen-bond acceptors (Lipinski definition) is 13. The normalized spacial score (nSPS) is 14.8. The lowest BCUT2D eigenvalue weighted by atomic mass is 10.4. The van der Waals surface area contributed by atoms with Crippen LogP contribution in [0.25, 0.3) is 0 Å². The number of nitrogens with one attached hydrogen (secondary N) is 2. The standard InChI is InChI=1S/C11H10N2O8.C4H9N3O2.CH5N.H3N/c14-6-1-2-7(15)12(6)20-10(18)5-11(19)21-13-8(16)3-4-9(13)17;1-6-3(8)2-4(9)7-5;1-2;/h1-5H2;2,5H2,1H3,(H,6,8)(H,7,9);2H2,1H3;1H3/i/hT2. The number of hydrazine groups is 1. The van der Waals surface area contributed by atoms with Crippen LogP contribution in [0.5, 0.6) is 0 Å². The van der Waals surface area contributed by atoms with Crippen molar-refractivity contribution in [1.82, 2.24) is 27.0 Å². The molecule has 2 aliphatic rings. The highest BCUT2D eigenvalue weighted by Gasteiger charge is 2.35. The first-order chi connectivity index (χ1) is 16.6. The van der Waals surface area contributed by atoms with E-state index in [4.69, 9.17) is 2.82 Å². The summed E-state index contributed by atoms with van der Waals surface area (Å²) in [5, 5.41) is 2.82. The van der Waals surface area contributed by atoms with Gasteiger partial charge in [0.2, 0.25) is 11.8 Å². The molecule has 2 saturated heterocycles. The molecule has 2 heterocycles. The average Bonchev–Trinajstić information content (AvgIpc) is 3.32. The van der Waals surface area contributed by atoms with E-state index in [1.165, 1.54) is 14.1 Å². The second kappa shape index (κ2) is 15.8.